The van der Waals surface area contributed by atoms with Crippen molar-refractivity contribution in [3.8, 4) is 6.07 Å². The minimum atomic E-state index is 0.0543. The Morgan fingerprint density at radius 1 is 1.60 bits per heavy atom. The zero-order chi connectivity index (χ0) is 11.3. The first-order chi connectivity index (χ1) is 7.16. The highest BCUT2D eigenvalue weighted by Gasteiger charge is 2.30. The summed E-state index contributed by atoms with van der Waals surface area (Å²) in [6, 6.07) is 2.19. The highest BCUT2D eigenvalue weighted by atomic mass is 16.2. The highest BCUT2D eigenvalue weighted by Crippen LogP contribution is 2.18. The Bertz CT molecular complexity index is 257. The zero-order valence-corrected chi connectivity index (χ0v) is 9.57. The SMILES string of the molecule is CN(C)C(=O)C1CCCN1CCCC#N. The molecule has 4 heteroatoms. The number of hydrogen-bond donors (Lipinski definition) is 0. The molecule has 1 rings (SSSR count). The number of likely N-dealkylation sites (N-methyl/N-ethyl adjacent to an activating group) is 1. The van der Waals surface area contributed by atoms with Crippen LogP contribution >= 0.6 is 0 Å². The molecular weight excluding hydrogens is 190 g/mol. The number of unbranched alkanes of at least 4 members (excludes halogenated alkanes) is 1. The average Bonchev–Trinajstić information content (AvgIpc) is 2.65. The van der Waals surface area contributed by atoms with Crippen LogP contribution in [0.25, 0.3) is 0 Å². The van der Waals surface area contributed by atoms with Gasteiger partial charge in [0, 0.05) is 20.5 Å². The van der Waals surface area contributed by atoms with Crippen LogP contribution in [0.5, 0.6) is 0 Å². The number of rotatable bonds is 4. The summed E-state index contributed by atoms with van der Waals surface area (Å²) in [7, 11) is 3.60. The summed E-state index contributed by atoms with van der Waals surface area (Å²) in [5, 5.41) is 8.46. The van der Waals surface area contributed by atoms with Crippen LogP contribution in [0, 0.1) is 11.3 Å². The second-order valence-electron chi connectivity index (χ2n) is 4.19. The van der Waals surface area contributed by atoms with Crippen LogP contribution in [0.15, 0.2) is 0 Å². The maximum atomic E-state index is 11.8. The van der Waals surface area contributed by atoms with Gasteiger partial charge in [0.2, 0.25) is 5.91 Å². The maximum absolute atomic E-state index is 11.8. The molecule has 0 aromatic carbocycles. The van der Waals surface area contributed by atoms with E-state index in [0.29, 0.717) is 6.42 Å². The zero-order valence-electron chi connectivity index (χ0n) is 9.57. The van der Waals surface area contributed by atoms with Crippen LogP contribution in [-0.2, 0) is 4.79 Å². The molecule has 0 bridgehead atoms. The number of likely N-dealkylation sites (tertiary alicyclic amines) is 1. The average molecular weight is 209 g/mol. The molecule has 0 saturated carbocycles. The predicted octanol–water partition coefficient (Wildman–Crippen LogP) is 0.843. The van der Waals surface area contributed by atoms with E-state index in [4.69, 9.17) is 5.26 Å². The van der Waals surface area contributed by atoms with Crippen molar-refractivity contribution in [2.75, 3.05) is 27.2 Å². The summed E-state index contributed by atoms with van der Waals surface area (Å²) in [4.78, 5) is 15.7. The fraction of sp³-hybridized carbons (Fsp3) is 0.818. The molecule has 1 heterocycles. The molecule has 0 N–H and O–H groups in total. The first-order valence-corrected chi connectivity index (χ1v) is 5.49. The van der Waals surface area contributed by atoms with Crippen molar-refractivity contribution in [2.24, 2.45) is 0 Å². The Kier molecular flexibility index (Phi) is 4.57. The molecular formula is C11H19N3O. The smallest absolute Gasteiger partial charge is 0.239 e. The van der Waals surface area contributed by atoms with Gasteiger partial charge in [-0.15, -0.1) is 0 Å². The molecule has 0 aromatic rings. The Labute approximate surface area is 91.5 Å². The molecule has 4 nitrogen and oxygen atoms in total. The quantitative estimate of drug-likeness (QED) is 0.645. The van der Waals surface area contributed by atoms with Crippen molar-refractivity contribution in [1.82, 2.24) is 9.80 Å². The molecule has 1 aliphatic heterocycles. The van der Waals surface area contributed by atoms with Crippen LogP contribution in [-0.4, -0.2) is 48.9 Å². The third kappa shape index (κ3) is 3.21. The van der Waals surface area contributed by atoms with Gasteiger partial charge in [-0.3, -0.25) is 9.69 Å². The van der Waals surface area contributed by atoms with Gasteiger partial charge in [0.25, 0.3) is 0 Å². The molecule has 1 aliphatic rings. The van der Waals surface area contributed by atoms with E-state index in [0.717, 1.165) is 32.4 Å². The molecule has 0 spiro atoms. The summed E-state index contributed by atoms with van der Waals surface area (Å²) in [6.45, 7) is 1.87. The maximum Gasteiger partial charge on any atom is 0.239 e. The Balaban J connectivity index is 2.43. The summed E-state index contributed by atoms with van der Waals surface area (Å²) in [6.07, 6.45) is 3.51. The van der Waals surface area contributed by atoms with E-state index in [9.17, 15) is 4.79 Å². The van der Waals surface area contributed by atoms with Crippen LogP contribution in [0.4, 0.5) is 0 Å². The van der Waals surface area contributed by atoms with Gasteiger partial charge in [-0.1, -0.05) is 0 Å². The van der Waals surface area contributed by atoms with Crippen molar-refractivity contribution in [1.29, 1.82) is 5.26 Å². The minimum absolute atomic E-state index is 0.0543. The van der Waals surface area contributed by atoms with E-state index in [1.807, 2.05) is 0 Å². The summed E-state index contributed by atoms with van der Waals surface area (Å²) < 4.78 is 0. The lowest BCUT2D eigenvalue weighted by Gasteiger charge is -2.25. The molecule has 1 unspecified atom stereocenters. The highest BCUT2D eigenvalue weighted by molar-refractivity contribution is 5.81. The molecule has 0 aliphatic carbocycles. The van der Waals surface area contributed by atoms with Crippen molar-refractivity contribution in [3.05, 3.63) is 0 Å². The van der Waals surface area contributed by atoms with E-state index >= 15 is 0 Å². The van der Waals surface area contributed by atoms with E-state index in [-0.39, 0.29) is 11.9 Å². The fourth-order valence-corrected chi connectivity index (χ4v) is 2.03. The Hall–Kier alpha value is -1.08. The van der Waals surface area contributed by atoms with Gasteiger partial charge in [0.1, 0.15) is 0 Å². The van der Waals surface area contributed by atoms with E-state index < -0.39 is 0 Å². The minimum Gasteiger partial charge on any atom is -0.347 e. The van der Waals surface area contributed by atoms with Gasteiger partial charge in [-0.2, -0.15) is 5.26 Å². The number of hydrogen-bond acceptors (Lipinski definition) is 3. The summed E-state index contributed by atoms with van der Waals surface area (Å²) in [5.41, 5.74) is 0. The van der Waals surface area contributed by atoms with Crippen molar-refractivity contribution < 1.29 is 4.79 Å². The fourth-order valence-electron chi connectivity index (χ4n) is 2.03. The molecule has 1 fully saturated rings. The van der Waals surface area contributed by atoms with Crippen molar-refractivity contribution >= 4 is 5.91 Å². The third-order valence-corrected chi connectivity index (χ3v) is 2.82. The Morgan fingerprint density at radius 3 is 2.93 bits per heavy atom. The second kappa shape index (κ2) is 5.72. The monoisotopic (exact) mass is 209 g/mol. The topological polar surface area (TPSA) is 47.3 Å². The number of nitrogens with zero attached hydrogens (tertiary/aromatic N) is 3. The first kappa shape index (κ1) is 12.0. The standard InChI is InChI=1S/C11H19N3O/c1-13(2)11(15)10-6-5-9-14(10)8-4-3-7-12/h10H,3-6,8-9H2,1-2H3. The normalized spacial score (nSPS) is 21.3. The lowest BCUT2D eigenvalue weighted by Crippen LogP contribution is -2.42. The van der Waals surface area contributed by atoms with Crippen LogP contribution < -0.4 is 0 Å². The van der Waals surface area contributed by atoms with Crippen LogP contribution in [0.2, 0.25) is 0 Å². The van der Waals surface area contributed by atoms with Gasteiger partial charge >= 0.3 is 0 Å². The molecule has 1 amide bonds. The second-order valence-corrected chi connectivity index (χ2v) is 4.19. The molecule has 0 radical (unpaired) electrons. The largest absolute Gasteiger partial charge is 0.347 e. The lowest BCUT2D eigenvalue weighted by atomic mass is 10.2. The molecule has 15 heavy (non-hydrogen) atoms. The molecule has 0 aromatic heterocycles. The number of amides is 1. The van der Waals surface area contributed by atoms with Gasteiger partial charge in [-0.25, -0.2) is 0 Å². The molecule has 1 saturated heterocycles. The van der Waals surface area contributed by atoms with Gasteiger partial charge in [0.05, 0.1) is 12.1 Å². The van der Waals surface area contributed by atoms with Crippen LogP contribution in [0.1, 0.15) is 25.7 Å². The summed E-state index contributed by atoms with van der Waals surface area (Å²) >= 11 is 0. The summed E-state index contributed by atoms with van der Waals surface area (Å²) in [5.74, 6) is 0.199. The van der Waals surface area contributed by atoms with Crippen LogP contribution in [0.3, 0.4) is 0 Å². The van der Waals surface area contributed by atoms with E-state index in [1.54, 1.807) is 19.0 Å². The number of carbonyl (C=O) groups is 1. The number of carbonyl (C=O) groups excluding carboxylic acids is 1. The van der Waals surface area contributed by atoms with Crippen molar-refractivity contribution in [2.45, 2.75) is 31.7 Å². The van der Waals surface area contributed by atoms with E-state index in [2.05, 4.69) is 11.0 Å². The van der Waals surface area contributed by atoms with Gasteiger partial charge < -0.3 is 4.90 Å². The van der Waals surface area contributed by atoms with Gasteiger partial charge in [-0.05, 0) is 32.4 Å². The Morgan fingerprint density at radius 2 is 2.33 bits per heavy atom. The molecule has 1 atom stereocenters. The first-order valence-electron chi connectivity index (χ1n) is 5.49. The lowest BCUT2D eigenvalue weighted by molar-refractivity contribution is -0.133. The molecule has 84 valence electrons. The third-order valence-electron chi connectivity index (χ3n) is 2.82. The number of nitriles is 1. The van der Waals surface area contributed by atoms with Gasteiger partial charge in [0.15, 0.2) is 0 Å². The predicted molar refractivity (Wildman–Crippen MR) is 58.1 cm³/mol. The van der Waals surface area contributed by atoms with Crippen molar-refractivity contribution in [3.63, 3.8) is 0 Å². The van der Waals surface area contributed by atoms with E-state index in [1.165, 1.54) is 0 Å².